The van der Waals surface area contributed by atoms with E-state index in [0.29, 0.717) is 49.9 Å². The number of aromatic nitrogens is 2. The summed E-state index contributed by atoms with van der Waals surface area (Å²) < 4.78 is 12.3. The highest BCUT2D eigenvalue weighted by molar-refractivity contribution is 5.95. The Balaban J connectivity index is 1.34. The number of amides is 4. The van der Waals surface area contributed by atoms with E-state index in [9.17, 15) is 19.2 Å². The molecule has 1 saturated heterocycles. The average Bonchev–Trinajstić information content (AvgIpc) is 3.14. The SMILES string of the molecule is CCCNc1ncc(CN2CCC3(CC2)Oc2ccc(cc2)OCCNC(=O)[C@H](C)NC(=O)[C@H](Cc2ccccc2)NC(=O)[C@H](C)NC3=O)cn1. The molecule has 4 heterocycles. The number of hydrogen-bond donors (Lipinski definition) is 5. The normalized spacial score (nSPS) is 22.1. The van der Waals surface area contributed by atoms with Crippen molar-refractivity contribution in [2.75, 3.05) is 38.1 Å². The van der Waals surface area contributed by atoms with Crippen LogP contribution in [0.15, 0.2) is 67.0 Å². The molecule has 3 atom stereocenters. The van der Waals surface area contributed by atoms with Gasteiger partial charge in [0, 0.05) is 63.4 Å². The molecule has 5 N–H and O–H groups in total. The molecule has 272 valence electrons. The predicted molar refractivity (Wildman–Crippen MR) is 191 cm³/mol. The van der Waals surface area contributed by atoms with Crippen LogP contribution >= 0.6 is 0 Å². The predicted octanol–water partition coefficient (Wildman–Crippen LogP) is 1.96. The number of likely N-dealkylation sites (tertiary alicyclic amines) is 1. The summed E-state index contributed by atoms with van der Waals surface area (Å²) >= 11 is 0. The molecule has 14 nitrogen and oxygen atoms in total. The van der Waals surface area contributed by atoms with Gasteiger partial charge in [-0.1, -0.05) is 37.3 Å². The molecule has 6 rings (SSSR count). The summed E-state index contributed by atoms with van der Waals surface area (Å²) in [6.07, 6.45) is 5.50. The number of anilines is 1. The fourth-order valence-electron chi connectivity index (χ4n) is 5.93. The lowest BCUT2D eigenvalue weighted by Crippen LogP contribution is -2.61. The average molecular weight is 701 g/mol. The molecular weight excluding hydrogens is 652 g/mol. The Labute approximate surface area is 298 Å². The molecule has 0 aliphatic carbocycles. The zero-order valence-electron chi connectivity index (χ0n) is 29.4. The van der Waals surface area contributed by atoms with Crippen molar-refractivity contribution >= 4 is 29.6 Å². The first-order valence-electron chi connectivity index (χ1n) is 17.6. The van der Waals surface area contributed by atoms with Gasteiger partial charge in [-0.15, -0.1) is 0 Å². The van der Waals surface area contributed by atoms with E-state index >= 15 is 0 Å². The number of benzene rings is 2. The molecule has 3 aromatic rings. The molecule has 2 bridgehead atoms. The number of fused-ring (bicyclic) bond motifs is 15. The second kappa shape index (κ2) is 17.6. The van der Waals surface area contributed by atoms with Gasteiger partial charge in [-0.3, -0.25) is 24.1 Å². The van der Waals surface area contributed by atoms with Gasteiger partial charge in [0.05, 0.1) is 6.54 Å². The van der Waals surface area contributed by atoms with Crippen molar-refractivity contribution in [3.05, 3.63) is 78.1 Å². The fraction of sp³-hybridized carbons (Fsp3) is 0.459. The second-order valence-corrected chi connectivity index (χ2v) is 13.0. The minimum absolute atomic E-state index is 0.183. The van der Waals surface area contributed by atoms with E-state index in [1.54, 1.807) is 38.1 Å². The van der Waals surface area contributed by atoms with Crippen LogP contribution in [0.2, 0.25) is 0 Å². The zero-order valence-corrected chi connectivity index (χ0v) is 29.4. The van der Waals surface area contributed by atoms with Gasteiger partial charge in [-0.25, -0.2) is 9.97 Å². The van der Waals surface area contributed by atoms with Crippen LogP contribution in [0.25, 0.3) is 0 Å². The lowest BCUT2D eigenvalue weighted by molar-refractivity contribution is -0.144. The topological polar surface area (TPSA) is 176 Å². The smallest absolute Gasteiger partial charge is 0.264 e. The molecular formula is C37H48N8O6. The maximum absolute atomic E-state index is 14.1. The lowest BCUT2D eigenvalue weighted by Gasteiger charge is -2.41. The van der Waals surface area contributed by atoms with E-state index in [2.05, 4.69) is 48.4 Å². The van der Waals surface area contributed by atoms with Crippen LogP contribution in [0.1, 0.15) is 51.2 Å². The van der Waals surface area contributed by atoms with E-state index in [1.807, 2.05) is 42.7 Å². The number of nitrogens with one attached hydrogen (secondary N) is 5. The third-order valence-electron chi connectivity index (χ3n) is 8.94. The van der Waals surface area contributed by atoms with Crippen molar-refractivity contribution in [3.8, 4) is 11.5 Å². The summed E-state index contributed by atoms with van der Waals surface area (Å²) in [7, 11) is 0. The van der Waals surface area contributed by atoms with Gasteiger partial charge in [-0.2, -0.15) is 0 Å². The highest BCUT2D eigenvalue weighted by Gasteiger charge is 2.45. The summed E-state index contributed by atoms with van der Waals surface area (Å²) in [6, 6.07) is 13.3. The summed E-state index contributed by atoms with van der Waals surface area (Å²) in [5.41, 5.74) is 0.511. The summed E-state index contributed by atoms with van der Waals surface area (Å²) in [4.78, 5) is 64.9. The molecule has 51 heavy (non-hydrogen) atoms. The Hall–Kier alpha value is -5.24. The third-order valence-corrected chi connectivity index (χ3v) is 8.94. The highest BCUT2D eigenvalue weighted by Crippen LogP contribution is 2.31. The number of carbonyl (C=O) groups is 4. The Morgan fingerprint density at radius 1 is 0.824 bits per heavy atom. The van der Waals surface area contributed by atoms with E-state index in [1.165, 1.54) is 0 Å². The van der Waals surface area contributed by atoms with Crippen molar-refractivity contribution in [2.24, 2.45) is 0 Å². The van der Waals surface area contributed by atoms with Crippen LogP contribution in [0, 0.1) is 0 Å². The van der Waals surface area contributed by atoms with Crippen LogP contribution in [0.4, 0.5) is 5.95 Å². The van der Waals surface area contributed by atoms with Crippen molar-refractivity contribution in [1.82, 2.24) is 36.1 Å². The lowest BCUT2D eigenvalue weighted by atomic mass is 9.89. The first kappa shape index (κ1) is 37.0. The molecule has 0 radical (unpaired) electrons. The van der Waals surface area contributed by atoms with E-state index in [0.717, 1.165) is 24.1 Å². The van der Waals surface area contributed by atoms with Gasteiger partial charge >= 0.3 is 0 Å². The number of piperidine rings is 1. The van der Waals surface area contributed by atoms with Crippen LogP contribution in [-0.2, 0) is 32.1 Å². The van der Waals surface area contributed by atoms with Gasteiger partial charge in [0.25, 0.3) is 5.91 Å². The molecule has 1 spiro atoms. The molecule has 3 aliphatic rings. The Kier molecular flexibility index (Phi) is 12.8. The maximum atomic E-state index is 14.1. The second-order valence-electron chi connectivity index (χ2n) is 13.0. The molecule has 0 saturated carbocycles. The van der Waals surface area contributed by atoms with Gasteiger partial charge in [-0.05, 0) is 50.1 Å². The largest absolute Gasteiger partial charge is 0.492 e. The third kappa shape index (κ3) is 10.4. The van der Waals surface area contributed by atoms with Crippen molar-refractivity contribution in [2.45, 2.75) is 76.7 Å². The van der Waals surface area contributed by atoms with E-state index < -0.39 is 47.4 Å². The van der Waals surface area contributed by atoms with Gasteiger partial charge in [0.1, 0.15) is 36.2 Å². The Morgan fingerprint density at radius 2 is 1.49 bits per heavy atom. The molecule has 1 fully saturated rings. The Bertz CT molecular complexity index is 1610. The number of rotatable bonds is 7. The van der Waals surface area contributed by atoms with Gasteiger partial charge in [0.15, 0.2) is 5.60 Å². The summed E-state index contributed by atoms with van der Waals surface area (Å²) in [5, 5.41) is 14.3. The van der Waals surface area contributed by atoms with Crippen molar-refractivity contribution in [3.63, 3.8) is 0 Å². The summed E-state index contributed by atoms with van der Waals surface area (Å²) in [6.45, 7) is 8.14. The molecule has 2 aromatic carbocycles. The summed E-state index contributed by atoms with van der Waals surface area (Å²) in [5.74, 6) is -0.258. The standard InChI is InChI=1S/C37H48N8O6/c1-4-16-39-36-40-22-28(23-41-36)24-45-18-14-37(15-19-45)35(49)43-26(3)33(47)44-31(21-27-8-6-5-7-9-27)34(48)42-25(2)32(46)38-17-20-50-29-10-12-30(51-37)13-11-29/h5-13,22-23,25-26,31H,4,14-21,24H2,1-3H3,(H,38,46)(H,42,48)(H,43,49)(H,44,47)(H,39,40,41)/t25-,26-,31-/m0/s1. The number of nitrogens with zero attached hydrogens (tertiary/aromatic N) is 3. The highest BCUT2D eigenvalue weighted by atomic mass is 16.5. The van der Waals surface area contributed by atoms with Crippen LogP contribution in [0.3, 0.4) is 0 Å². The van der Waals surface area contributed by atoms with Gasteiger partial charge < -0.3 is 36.1 Å². The Morgan fingerprint density at radius 3 is 2.18 bits per heavy atom. The number of carbonyl (C=O) groups excluding carboxylic acids is 4. The minimum Gasteiger partial charge on any atom is -0.492 e. The van der Waals surface area contributed by atoms with Crippen LogP contribution in [0.5, 0.6) is 11.5 Å². The zero-order chi connectivity index (χ0) is 36.2. The van der Waals surface area contributed by atoms with Crippen LogP contribution < -0.4 is 36.1 Å². The number of ether oxygens (including phenoxy) is 2. The van der Waals surface area contributed by atoms with Crippen LogP contribution in [-0.4, -0.2) is 95.0 Å². The molecule has 3 aliphatic heterocycles. The molecule has 4 amide bonds. The molecule has 14 heteroatoms. The first-order chi connectivity index (χ1) is 24.6. The van der Waals surface area contributed by atoms with Gasteiger partial charge in [0.2, 0.25) is 23.7 Å². The first-order valence-corrected chi connectivity index (χ1v) is 17.6. The maximum Gasteiger partial charge on any atom is 0.264 e. The van der Waals surface area contributed by atoms with E-state index in [-0.39, 0.29) is 19.6 Å². The monoisotopic (exact) mass is 700 g/mol. The fourth-order valence-corrected chi connectivity index (χ4v) is 5.93. The minimum atomic E-state index is -1.26. The van der Waals surface area contributed by atoms with Crippen molar-refractivity contribution < 1.29 is 28.7 Å². The molecule has 1 aromatic heterocycles. The van der Waals surface area contributed by atoms with Crippen molar-refractivity contribution in [1.29, 1.82) is 0 Å². The van der Waals surface area contributed by atoms with E-state index in [4.69, 9.17) is 9.47 Å². The molecule has 0 unspecified atom stereocenters. The number of hydrogen-bond acceptors (Lipinski definition) is 10. The quantitative estimate of drug-likeness (QED) is 0.229.